The van der Waals surface area contributed by atoms with Gasteiger partial charge in [-0.2, -0.15) is 0 Å². The zero-order valence-electron chi connectivity index (χ0n) is 19.7. The van der Waals surface area contributed by atoms with Gasteiger partial charge >= 0.3 is 0 Å². The first kappa shape index (κ1) is 23.0. The van der Waals surface area contributed by atoms with Gasteiger partial charge in [0.1, 0.15) is 0 Å². The van der Waals surface area contributed by atoms with Gasteiger partial charge < -0.3 is 4.90 Å². The topological polar surface area (TPSA) is 57.7 Å². The Bertz CT molecular complexity index is 1660. The van der Waals surface area contributed by atoms with Gasteiger partial charge in [0.05, 0.1) is 5.69 Å². The lowest BCUT2D eigenvalue weighted by molar-refractivity contribution is 0.0611. The molecule has 0 aromatic heterocycles. The van der Waals surface area contributed by atoms with Crippen LogP contribution in [0.2, 0.25) is 5.02 Å². The fourth-order valence-electron chi connectivity index (χ4n) is 5.01. The average molecular weight is 505 g/mol. The highest BCUT2D eigenvalue weighted by molar-refractivity contribution is 6.30. The Morgan fingerprint density at radius 3 is 2.00 bits per heavy atom. The minimum Gasteiger partial charge on any atom is -0.306 e. The first-order chi connectivity index (χ1) is 18.0. The van der Waals surface area contributed by atoms with Gasteiger partial charge in [0.25, 0.3) is 17.7 Å². The molecule has 37 heavy (non-hydrogen) atoms. The predicted octanol–water partition coefficient (Wildman–Crippen LogP) is 6.59. The quantitative estimate of drug-likeness (QED) is 0.254. The van der Waals surface area contributed by atoms with E-state index in [1.54, 1.807) is 41.3 Å². The normalized spacial score (nSPS) is 12.8. The summed E-state index contributed by atoms with van der Waals surface area (Å²) in [4.78, 5) is 43.5. The predicted molar refractivity (Wildman–Crippen MR) is 146 cm³/mol. The average Bonchev–Trinajstić information content (AvgIpc) is 2.93. The molecule has 5 aromatic rings. The fraction of sp³-hybridized carbons (Fsp3) is 0.0645. The number of imide groups is 1. The lowest BCUT2D eigenvalue weighted by Gasteiger charge is -2.30. The van der Waals surface area contributed by atoms with Crippen LogP contribution < -0.4 is 4.90 Å². The van der Waals surface area contributed by atoms with E-state index in [1.165, 1.54) is 4.90 Å². The van der Waals surface area contributed by atoms with Gasteiger partial charge in [-0.1, -0.05) is 72.3 Å². The Hall–Kier alpha value is -4.48. The molecular weight excluding hydrogens is 484 g/mol. The molecule has 5 aromatic carbocycles. The van der Waals surface area contributed by atoms with Crippen molar-refractivity contribution in [2.45, 2.75) is 0 Å². The van der Waals surface area contributed by atoms with Crippen LogP contribution >= 0.6 is 11.6 Å². The number of benzene rings is 5. The second-order valence-corrected chi connectivity index (χ2v) is 9.37. The third kappa shape index (κ3) is 3.94. The maximum absolute atomic E-state index is 13.8. The molecule has 1 heterocycles. The van der Waals surface area contributed by atoms with E-state index in [0.717, 1.165) is 16.2 Å². The van der Waals surface area contributed by atoms with Crippen LogP contribution in [-0.4, -0.2) is 35.7 Å². The minimum atomic E-state index is -0.355. The third-order valence-electron chi connectivity index (χ3n) is 6.80. The molecule has 0 saturated heterocycles. The zero-order valence-corrected chi connectivity index (χ0v) is 20.5. The number of carbonyl (C=O) groups excluding carboxylic acids is 3. The van der Waals surface area contributed by atoms with Crippen LogP contribution in [0.1, 0.15) is 31.1 Å². The van der Waals surface area contributed by atoms with Crippen LogP contribution in [-0.2, 0) is 0 Å². The number of hydrogen-bond acceptors (Lipinski definition) is 3. The van der Waals surface area contributed by atoms with Crippen molar-refractivity contribution in [1.29, 1.82) is 0 Å². The highest BCUT2D eigenvalue weighted by Crippen LogP contribution is 2.31. The first-order valence-corrected chi connectivity index (χ1v) is 12.3. The molecule has 0 unspecified atom stereocenters. The summed E-state index contributed by atoms with van der Waals surface area (Å²) in [7, 11) is 0. The molecule has 6 rings (SSSR count). The minimum absolute atomic E-state index is 0.0466. The van der Waals surface area contributed by atoms with Gasteiger partial charge in [-0.25, -0.2) is 0 Å². The maximum Gasteiger partial charge on any atom is 0.261 e. The summed E-state index contributed by atoms with van der Waals surface area (Å²) < 4.78 is 0. The van der Waals surface area contributed by atoms with Crippen molar-refractivity contribution in [2.24, 2.45) is 0 Å². The monoisotopic (exact) mass is 504 g/mol. The lowest BCUT2D eigenvalue weighted by Crippen LogP contribution is -2.46. The highest BCUT2D eigenvalue weighted by Gasteiger charge is 2.33. The number of carbonyl (C=O) groups is 3. The number of anilines is 1. The molecule has 0 N–H and O–H groups in total. The van der Waals surface area contributed by atoms with E-state index >= 15 is 0 Å². The van der Waals surface area contributed by atoms with Crippen molar-refractivity contribution in [2.75, 3.05) is 18.0 Å². The summed E-state index contributed by atoms with van der Waals surface area (Å²) >= 11 is 6.05. The molecule has 1 aliphatic heterocycles. The molecule has 0 fully saturated rings. The van der Waals surface area contributed by atoms with Gasteiger partial charge in [-0.05, 0) is 53.2 Å². The van der Waals surface area contributed by atoms with Crippen molar-refractivity contribution >= 4 is 56.6 Å². The van der Waals surface area contributed by atoms with Crippen molar-refractivity contribution in [1.82, 2.24) is 4.90 Å². The van der Waals surface area contributed by atoms with Gasteiger partial charge in [-0.15, -0.1) is 0 Å². The largest absolute Gasteiger partial charge is 0.306 e. The standard InChI is InChI=1S/C31H21ClN2O3/c32-23-16-14-22(15-17-23)29(35)33(27-13-5-7-20-6-1-2-10-24(20)27)18-19-34-30(36)25-11-3-8-21-9-4-12-26(28(21)25)31(34)37/h1-17H,18-19H2. The number of nitrogens with zero attached hydrogens (tertiary/aromatic N) is 2. The summed E-state index contributed by atoms with van der Waals surface area (Å²) in [6.07, 6.45) is 0. The van der Waals surface area contributed by atoms with E-state index in [-0.39, 0.29) is 30.8 Å². The number of halogens is 1. The van der Waals surface area contributed by atoms with Gasteiger partial charge in [0.15, 0.2) is 0 Å². The number of hydrogen-bond donors (Lipinski definition) is 0. The van der Waals surface area contributed by atoms with Crippen LogP contribution in [0.25, 0.3) is 21.5 Å². The molecule has 3 amide bonds. The van der Waals surface area contributed by atoms with Crippen LogP contribution in [0.15, 0.2) is 103 Å². The molecular formula is C31H21ClN2O3. The SMILES string of the molecule is O=C1c2cccc3cccc(c23)C(=O)N1CCN(C(=O)c1ccc(Cl)cc1)c1cccc2ccccc12. The van der Waals surface area contributed by atoms with E-state index in [1.807, 2.05) is 66.7 Å². The molecule has 5 nitrogen and oxygen atoms in total. The molecule has 0 saturated carbocycles. The van der Waals surface area contributed by atoms with Gasteiger partial charge in [0.2, 0.25) is 0 Å². The van der Waals surface area contributed by atoms with E-state index < -0.39 is 0 Å². The molecule has 1 aliphatic rings. The number of fused-ring (bicyclic) bond motifs is 1. The molecule has 6 heteroatoms. The molecule has 0 bridgehead atoms. The van der Waals surface area contributed by atoms with Crippen LogP contribution in [0.5, 0.6) is 0 Å². The van der Waals surface area contributed by atoms with E-state index in [2.05, 4.69) is 0 Å². The van der Waals surface area contributed by atoms with E-state index in [9.17, 15) is 14.4 Å². The Kier molecular flexibility index (Phi) is 5.70. The molecule has 0 aliphatic carbocycles. The molecule has 0 radical (unpaired) electrons. The van der Waals surface area contributed by atoms with Crippen molar-refractivity contribution < 1.29 is 14.4 Å². The van der Waals surface area contributed by atoms with Crippen molar-refractivity contribution in [3.8, 4) is 0 Å². The number of amides is 3. The Morgan fingerprint density at radius 1 is 0.703 bits per heavy atom. The zero-order chi connectivity index (χ0) is 25.5. The van der Waals surface area contributed by atoms with Gasteiger partial charge in [-0.3, -0.25) is 19.3 Å². The Morgan fingerprint density at radius 2 is 1.30 bits per heavy atom. The van der Waals surface area contributed by atoms with E-state index in [0.29, 0.717) is 32.8 Å². The lowest BCUT2D eigenvalue weighted by atomic mass is 9.94. The Labute approximate surface area is 218 Å². The smallest absolute Gasteiger partial charge is 0.261 e. The van der Waals surface area contributed by atoms with E-state index in [4.69, 9.17) is 11.6 Å². The number of rotatable bonds is 5. The van der Waals surface area contributed by atoms with Gasteiger partial charge in [0, 0.05) is 45.6 Å². The van der Waals surface area contributed by atoms with Crippen molar-refractivity contribution in [3.63, 3.8) is 0 Å². The van der Waals surface area contributed by atoms with Crippen LogP contribution in [0.3, 0.4) is 0 Å². The van der Waals surface area contributed by atoms with Crippen LogP contribution in [0, 0.1) is 0 Å². The third-order valence-corrected chi connectivity index (χ3v) is 7.05. The summed E-state index contributed by atoms with van der Waals surface area (Å²) in [5.41, 5.74) is 2.16. The summed E-state index contributed by atoms with van der Waals surface area (Å²) in [5.74, 6) is -0.954. The Balaban J connectivity index is 1.39. The summed E-state index contributed by atoms with van der Waals surface area (Å²) in [5, 5.41) is 3.95. The summed E-state index contributed by atoms with van der Waals surface area (Å²) in [6.45, 7) is 0.177. The summed E-state index contributed by atoms with van der Waals surface area (Å²) in [6, 6.07) is 31.2. The molecule has 0 atom stereocenters. The first-order valence-electron chi connectivity index (χ1n) is 12.0. The second-order valence-electron chi connectivity index (χ2n) is 8.93. The highest BCUT2D eigenvalue weighted by atomic mass is 35.5. The van der Waals surface area contributed by atoms with Crippen molar-refractivity contribution in [3.05, 3.63) is 125 Å². The fourth-order valence-corrected chi connectivity index (χ4v) is 5.13. The molecule has 180 valence electrons. The van der Waals surface area contributed by atoms with Crippen LogP contribution in [0.4, 0.5) is 5.69 Å². The molecule has 0 spiro atoms. The second kappa shape index (κ2) is 9.19. The maximum atomic E-state index is 13.8.